The number of nitrogens with zero attached hydrogens (tertiary/aromatic N) is 6. The zero-order valence-electron chi connectivity index (χ0n) is 36.0. The van der Waals surface area contributed by atoms with E-state index in [-0.39, 0.29) is 29.8 Å². The molecule has 3 amide bonds. The number of piperidine rings is 1. The molecule has 0 bridgehead atoms. The molecule has 13 nitrogen and oxygen atoms in total. The molecule has 1 aliphatic carbocycles. The Kier molecular flexibility index (Phi) is 15.0. The molecule has 0 radical (unpaired) electrons. The second-order valence-corrected chi connectivity index (χ2v) is 17.4. The minimum atomic E-state index is -1.09. The van der Waals surface area contributed by atoms with Gasteiger partial charge >= 0.3 is 0 Å². The van der Waals surface area contributed by atoms with Crippen LogP contribution >= 0.6 is 11.6 Å². The molecule has 2 aromatic heterocycles. The van der Waals surface area contributed by atoms with Gasteiger partial charge in [-0.3, -0.25) is 28.7 Å². The Hall–Kier alpha value is -5.21. The second kappa shape index (κ2) is 20.8. The Morgan fingerprint density at radius 1 is 0.871 bits per heavy atom. The van der Waals surface area contributed by atoms with Gasteiger partial charge in [0.15, 0.2) is 0 Å². The van der Waals surface area contributed by atoms with E-state index in [0.29, 0.717) is 73.9 Å². The quantitative estimate of drug-likeness (QED) is 0.140. The molecule has 3 aromatic carbocycles. The third kappa shape index (κ3) is 11.4. The smallest absolute Gasteiger partial charge is 0.261 e. The van der Waals surface area contributed by atoms with Gasteiger partial charge in [0, 0.05) is 87.5 Å². The fourth-order valence-electron chi connectivity index (χ4n) is 8.45. The zero-order valence-corrected chi connectivity index (χ0v) is 36.8. The average molecular weight is 864 g/mol. The Labute approximate surface area is 368 Å². The van der Waals surface area contributed by atoms with E-state index in [4.69, 9.17) is 16.6 Å². The van der Waals surface area contributed by atoms with E-state index in [1.807, 2.05) is 55.5 Å². The van der Waals surface area contributed by atoms with Gasteiger partial charge in [-0.15, -0.1) is 0 Å². The number of nitrogens with one attached hydrogen (secondary N) is 2. The molecule has 62 heavy (non-hydrogen) atoms. The average Bonchev–Trinajstić information content (AvgIpc) is 3.29. The Morgan fingerprint density at radius 3 is 2.37 bits per heavy atom. The maximum atomic E-state index is 13.2. The van der Waals surface area contributed by atoms with Crippen LogP contribution in [0.25, 0.3) is 21.8 Å². The number of piperazine rings is 1. The molecule has 14 heteroatoms. The molecule has 2 fully saturated rings. The van der Waals surface area contributed by atoms with Gasteiger partial charge in [0.2, 0.25) is 11.8 Å². The maximum absolute atomic E-state index is 13.2. The SMILES string of the molecule is CCCNC(=O)c1ccc2c(Cl)c3c(nc2c1)CCCC3.CN1CCN(CCC(=O)Nc2ccc3c(=O)n(CC4(O)CCN(C(=O)CCc5ccccc5)CC4)cnc3c2)CC1. The summed E-state index contributed by atoms with van der Waals surface area (Å²) in [6.45, 7) is 8.44. The van der Waals surface area contributed by atoms with Crippen LogP contribution in [-0.2, 0) is 35.4 Å². The molecular weight excluding hydrogens is 804 g/mol. The number of anilines is 1. The normalized spacial score (nSPS) is 16.6. The van der Waals surface area contributed by atoms with Crippen LogP contribution in [0.1, 0.15) is 79.0 Å². The molecule has 4 heterocycles. The number of rotatable bonds is 12. The number of fused-ring (bicyclic) bond motifs is 3. The van der Waals surface area contributed by atoms with Crippen molar-refractivity contribution in [2.24, 2.45) is 0 Å². The highest BCUT2D eigenvalue weighted by Gasteiger charge is 2.34. The van der Waals surface area contributed by atoms with Crippen LogP contribution in [0.15, 0.2) is 77.9 Å². The number of hydrogen-bond donors (Lipinski definition) is 3. The van der Waals surface area contributed by atoms with Crippen molar-refractivity contribution in [3.63, 3.8) is 0 Å². The number of halogens is 1. The lowest BCUT2D eigenvalue weighted by atomic mass is 9.91. The van der Waals surface area contributed by atoms with Gasteiger partial charge in [-0.1, -0.05) is 54.9 Å². The van der Waals surface area contributed by atoms with Crippen molar-refractivity contribution < 1.29 is 19.5 Å². The number of carbonyl (C=O) groups excluding carboxylic acids is 3. The summed E-state index contributed by atoms with van der Waals surface area (Å²) in [5, 5.41) is 19.3. The third-order valence-corrected chi connectivity index (χ3v) is 12.8. The Bertz CT molecular complexity index is 2430. The molecule has 2 aliphatic heterocycles. The minimum Gasteiger partial charge on any atom is -0.388 e. The van der Waals surface area contributed by atoms with E-state index in [0.717, 1.165) is 79.2 Å². The number of aliphatic hydroxyl groups is 1. The van der Waals surface area contributed by atoms with E-state index in [1.54, 1.807) is 23.1 Å². The number of benzene rings is 3. The summed E-state index contributed by atoms with van der Waals surface area (Å²) in [7, 11) is 2.11. The summed E-state index contributed by atoms with van der Waals surface area (Å²) < 4.78 is 1.45. The van der Waals surface area contributed by atoms with Gasteiger partial charge in [0.05, 0.1) is 39.9 Å². The van der Waals surface area contributed by atoms with Gasteiger partial charge in [0.1, 0.15) is 0 Å². The van der Waals surface area contributed by atoms with Crippen molar-refractivity contribution >= 4 is 56.8 Å². The fraction of sp³-hybridized carbons (Fsp3) is 0.458. The third-order valence-electron chi connectivity index (χ3n) is 12.3. The number of hydrogen-bond acceptors (Lipinski definition) is 9. The summed E-state index contributed by atoms with van der Waals surface area (Å²) in [5.41, 5.74) is 4.67. The Morgan fingerprint density at radius 2 is 1.61 bits per heavy atom. The van der Waals surface area contributed by atoms with E-state index in [1.165, 1.54) is 29.3 Å². The van der Waals surface area contributed by atoms with Gasteiger partial charge in [-0.25, -0.2) is 4.98 Å². The highest BCUT2D eigenvalue weighted by atomic mass is 35.5. The molecule has 328 valence electrons. The van der Waals surface area contributed by atoms with Crippen LogP contribution in [0.2, 0.25) is 5.02 Å². The molecule has 5 aromatic rings. The van der Waals surface area contributed by atoms with Crippen LogP contribution < -0.4 is 16.2 Å². The molecule has 3 aliphatic rings. The summed E-state index contributed by atoms with van der Waals surface area (Å²) in [6, 6.07) is 20.6. The molecule has 3 N–H and O–H groups in total. The van der Waals surface area contributed by atoms with Gasteiger partial charge in [0.25, 0.3) is 11.5 Å². The van der Waals surface area contributed by atoms with Crippen LogP contribution in [0, 0.1) is 0 Å². The number of likely N-dealkylation sites (N-methyl/N-ethyl adjacent to an activating group) is 1. The first-order valence-electron chi connectivity index (χ1n) is 22.1. The van der Waals surface area contributed by atoms with Crippen molar-refractivity contribution in [1.29, 1.82) is 0 Å². The molecular formula is C48H59ClN8O5. The molecule has 0 saturated carbocycles. The zero-order chi connectivity index (χ0) is 43.6. The minimum absolute atomic E-state index is 0.0469. The number of aryl methyl sites for hydroxylation is 2. The van der Waals surface area contributed by atoms with E-state index in [9.17, 15) is 24.3 Å². The number of aromatic nitrogens is 3. The standard InChI is InChI=1S/C31H40N6O4.C17H19ClN2O/c1-34-17-19-35(20-18-34)14-11-28(38)33-25-8-9-26-27(21-25)32-23-37(30(26)40)22-31(41)12-15-36(16-13-31)29(39)10-7-24-5-3-2-4-6-24;1-2-9-19-17(21)11-7-8-13-15(10-11)20-14-6-4-3-5-12(14)16(13)18/h2-6,8-9,21,23,41H,7,10-20,22H2,1H3,(H,33,38);7-8,10H,2-6,9H2,1H3,(H,19,21). The first-order valence-corrected chi connectivity index (χ1v) is 22.5. The van der Waals surface area contributed by atoms with Crippen LogP contribution in [0.5, 0.6) is 0 Å². The van der Waals surface area contributed by atoms with Crippen LogP contribution in [0.3, 0.4) is 0 Å². The predicted molar refractivity (Wildman–Crippen MR) is 245 cm³/mol. The van der Waals surface area contributed by atoms with Crippen molar-refractivity contribution in [3.05, 3.63) is 111 Å². The molecule has 0 spiro atoms. The Balaban J connectivity index is 0.000000230. The molecule has 0 atom stereocenters. The largest absolute Gasteiger partial charge is 0.388 e. The van der Waals surface area contributed by atoms with Crippen molar-refractivity contribution in [1.82, 2.24) is 34.6 Å². The summed E-state index contributed by atoms with van der Waals surface area (Å²) in [4.78, 5) is 66.1. The fourth-order valence-corrected chi connectivity index (χ4v) is 8.82. The van der Waals surface area contributed by atoms with E-state index in [2.05, 4.69) is 32.5 Å². The summed E-state index contributed by atoms with van der Waals surface area (Å²) in [6.07, 6.45) is 9.06. The van der Waals surface area contributed by atoms with Gasteiger partial charge in [-0.2, -0.15) is 0 Å². The molecule has 2 saturated heterocycles. The highest BCUT2D eigenvalue weighted by molar-refractivity contribution is 6.36. The first-order chi connectivity index (χ1) is 30.0. The number of pyridine rings is 1. The van der Waals surface area contributed by atoms with E-state index >= 15 is 0 Å². The van der Waals surface area contributed by atoms with Crippen LogP contribution in [0.4, 0.5) is 5.69 Å². The summed E-state index contributed by atoms with van der Waals surface area (Å²) in [5.74, 6) is -0.0270. The number of carbonyl (C=O) groups is 3. The second-order valence-electron chi connectivity index (χ2n) is 17.0. The number of likely N-dealkylation sites (tertiary alicyclic amines) is 1. The lowest BCUT2D eigenvalue weighted by molar-refractivity contribution is -0.135. The van der Waals surface area contributed by atoms with Crippen molar-refractivity contribution in [2.75, 3.05) is 64.7 Å². The lowest BCUT2D eigenvalue weighted by Crippen LogP contribution is -2.49. The van der Waals surface area contributed by atoms with Crippen molar-refractivity contribution in [2.45, 2.75) is 83.3 Å². The first kappa shape index (κ1) is 44.8. The molecule has 8 rings (SSSR count). The van der Waals surface area contributed by atoms with Crippen molar-refractivity contribution in [3.8, 4) is 0 Å². The highest BCUT2D eigenvalue weighted by Crippen LogP contribution is 2.33. The van der Waals surface area contributed by atoms with E-state index < -0.39 is 5.60 Å². The van der Waals surface area contributed by atoms with Gasteiger partial charge in [-0.05, 0) is 99.9 Å². The molecule has 0 unspecified atom stereocenters. The monoisotopic (exact) mass is 862 g/mol. The van der Waals surface area contributed by atoms with Crippen LogP contribution in [-0.4, -0.2) is 117 Å². The lowest BCUT2D eigenvalue weighted by Gasteiger charge is -2.38. The maximum Gasteiger partial charge on any atom is 0.261 e. The number of amides is 3. The summed E-state index contributed by atoms with van der Waals surface area (Å²) >= 11 is 6.53. The predicted octanol–water partition coefficient (Wildman–Crippen LogP) is 5.87. The van der Waals surface area contributed by atoms with Gasteiger partial charge < -0.3 is 30.4 Å². The topological polar surface area (TPSA) is 153 Å².